The van der Waals surface area contributed by atoms with Gasteiger partial charge in [0.15, 0.2) is 15.6 Å². The molecule has 1 amide bonds. The van der Waals surface area contributed by atoms with Crippen molar-refractivity contribution in [1.82, 2.24) is 0 Å². The second kappa shape index (κ2) is 8.71. The Bertz CT molecular complexity index is 1060. The SMILES string of the molecule is O=C(O)CC(=O)Nc1cc(Cl)c(Oc2ccc(O)cc2)c(Cl)c1.O=S1(=O)CC2CC21. The molecular weight excluding hydrogens is 457 g/mol. The molecule has 2 unspecified atom stereocenters. The van der Waals surface area contributed by atoms with Crippen molar-refractivity contribution >= 4 is 50.6 Å². The van der Waals surface area contributed by atoms with Crippen molar-refractivity contribution in [3.8, 4) is 17.2 Å². The van der Waals surface area contributed by atoms with Gasteiger partial charge >= 0.3 is 5.97 Å². The first-order valence-electron chi connectivity index (χ1n) is 8.74. The molecule has 2 aromatic rings. The van der Waals surface area contributed by atoms with E-state index in [1.54, 1.807) is 0 Å². The minimum Gasteiger partial charge on any atom is -0.508 e. The number of hydrogen-bond acceptors (Lipinski definition) is 6. The number of halogens is 2. The van der Waals surface area contributed by atoms with Crippen LogP contribution in [0.25, 0.3) is 0 Å². The lowest BCUT2D eigenvalue weighted by atomic mass is 10.2. The third-order valence-corrected chi connectivity index (χ3v) is 7.37. The number of fused-ring (bicyclic) bond motifs is 1. The molecule has 8 nitrogen and oxygen atoms in total. The number of carboxylic acid groups (broad SMARTS) is 1. The minimum atomic E-state index is -2.49. The standard InChI is InChI=1S/C15H11Cl2NO5.C4H6O2S/c16-11-5-8(18-13(20)7-14(21)22)6-12(17)15(11)23-10-3-1-9(19)2-4-10;5-7(6)2-3-1-4(3)7/h1-6,19H,7H2,(H,18,20)(H,21,22);3-4H,1-2H2. The Balaban J connectivity index is 0.000000302. The van der Waals surface area contributed by atoms with Crippen LogP contribution in [0.15, 0.2) is 36.4 Å². The van der Waals surface area contributed by atoms with Gasteiger partial charge in [0.25, 0.3) is 0 Å². The third kappa shape index (κ3) is 5.56. The van der Waals surface area contributed by atoms with Crippen molar-refractivity contribution in [1.29, 1.82) is 0 Å². The Morgan fingerprint density at radius 3 is 2.13 bits per heavy atom. The Hall–Kier alpha value is -2.49. The fourth-order valence-electron chi connectivity index (χ4n) is 2.84. The number of sulfone groups is 1. The second-order valence-corrected chi connectivity index (χ2v) is 9.93. The van der Waals surface area contributed by atoms with E-state index in [1.807, 2.05) is 0 Å². The minimum absolute atomic E-state index is 0.0889. The molecule has 1 aliphatic carbocycles. The van der Waals surface area contributed by atoms with Crippen molar-refractivity contribution in [2.45, 2.75) is 18.1 Å². The number of phenolic OH excluding ortho intramolecular Hbond substituents is 1. The van der Waals surface area contributed by atoms with Crippen LogP contribution in [0, 0.1) is 5.92 Å². The molecule has 0 radical (unpaired) electrons. The predicted molar refractivity (Wildman–Crippen MR) is 111 cm³/mol. The number of ether oxygens (including phenoxy) is 1. The van der Waals surface area contributed by atoms with Gasteiger partial charge in [0.1, 0.15) is 17.9 Å². The molecule has 2 atom stereocenters. The molecular formula is C19H17Cl2NO7S. The van der Waals surface area contributed by atoms with E-state index in [1.165, 1.54) is 36.4 Å². The topological polar surface area (TPSA) is 130 Å². The highest BCUT2D eigenvalue weighted by atomic mass is 35.5. The van der Waals surface area contributed by atoms with Gasteiger partial charge < -0.3 is 20.3 Å². The highest BCUT2D eigenvalue weighted by molar-refractivity contribution is 7.94. The van der Waals surface area contributed by atoms with E-state index in [9.17, 15) is 23.1 Å². The number of anilines is 1. The van der Waals surface area contributed by atoms with Crippen molar-refractivity contribution < 1.29 is 33.0 Å². The molecule has 4 rings (SSSR count). The van der Waals surface area contributed by atoms with Crippen molar-refractivity contribution in [3.05, 3.63) is 46.4 Å². The summed E-state index contributed by atoms with van der Waals surface area (Å²) in [5, 5.41) is 20.5. The number of aliphatic carboxylic acids is 1. The number of amides is 1. The van der Waals surface area contributed by atoms with Crippen molar-refractivity contribution in [2.75, 3.05) is 11.1 Å². The molecule has 1 saturated carbocycles. The number of carbonyl (C=O) groups excluding carboxylic acids is 1. The zero-order valence-corrected chi connectivity index (χ0v) is 17.7. The summed E-state index contributed by atoms with van der Waals surface area (Å²) in [6.07, 6.45) is 0.295. The summed E-state index contributed by atoms with van der Waals surface area (Å²) in [5.41, 5.74) is 0.254. The predicted octanol–water partition coefficient (Wildman–Crippen LogP) is 3.71. The Morgan fingerprint density at radius 1 is 1.13 bits per heavy atom. The summed E-state index contributed by atoms with van der Waals surface area (Å²) in [7, 11) is -2.49. The van der Waals surface area contributed by atoms with Crippen LogP contribution in [-0.4, -0.2) is 41.5 Å². The lowest BCUT2D eigenvalue weighted by Crippen LogP contribution is -2.25. The van der Waals surface area contributed by atoms with E-state index < -0.39 is 28.1 Å². The first-order valence-corrected chi connectivity index (χ1v) is 11.2. The van der Waals surface area contributed by atoms with Crippen LogP contribution in [0.2, 0.25) is 10.0 Å². The normalized spacial score (nSPS) is 19.9. The molecule has 1 heterocycles. The van der Waals surface area contributed by atoms with Crippen LogP contribution in [0.5, 0.6) is 17.2 Å². The Kier molecular flexibility index (Phi) is 6.44. The summed E-state index contributed by atoms with van der Waals surface area (Å²) < 4.78 is 26.5. The number of hydrogen-bond donors (Lipinski definition) is 3. The Labute approximate surface area is 182 Å². The largest absolute Gasteiger partial charge is 0.508 e. The van der Waals surface area contributed by atoms with Crippen LogP contribution in [0.4, 0.5) is 5.69 Å². The molecule has 2 fully saturated rings. The van der Waals surface area contributed by atoms with Crippen LogP contribution in [-0.2, 0) is 19.4 Å². The van der Waals surface area contributed by atoms with Gasteiger partial charge in [0.2, 0.25) is 5.91 Å². The molecule has 0 spiro atoms. The monoisotopic (exact) mass is 473 g/mol. The molecule has 3 N–H and O–H groups in total. The number of carboxylic acids is 1. The lowest BCUT2D eigenvalue weighted by molar-refractivity contribution is -0.139. The van der Waals surface area contributed by atoms with Gasteiger partial charge in [-0.2, -0.15) is 0 Å². The van der Waals surface area contributed by atoms with Gasteiger partial charge in [-0.15, -0.1) is 0 Å². The summed E-state index contributed by atoms with van der Waals surface area (Å²) >= 11 is 12.2. The summed E-state index contributed by atoms with van der Waals surface area (Å²) in [4.78, 5) is 21.9. The number of benzene rings is 2. The molecule has 2 aromatic carbocycles. The molecule has 11 heteroatoms. The van der Waals surface area contributed by atoms with E-state index in [4.69, 9.17) is 33.0 Å². The number of aromatic hydroxyl groups is 1. The maximum Gasteiger partial charge on any atom is 0.312 e. The first-order chi connectivity index (χ1) is 14.0. The molecule has 30 heavy (non-hydrogen) atoms. The maximum atomic E-state index is 11.4. The fourth-order valence-corrected chi connectivity index (χ4v) is 5.48. The third-order valence-electron chi connectivity index (χ3n) is 4.42. The average Bonchev–Trinajstić information content (AvgIpc) is 3.33. The van der Waals surface area contributed by atoms with Crippen molar-refractivity contribution in [3.63, 3.8) is 0 Å². The van der Waals surface area contributed by atoms with E-state index in [0.29, 0.717) is 17.4 Å². The van der Waals surface area contributed by atoms with Crippen molar-refractivity contribution in [2.24, 2.45) is 5.92 Å². The van der Waals surface area contributed by atoms with Gasteiger partial charge in [0, 0.05) is 5.69 Å². The number of phenols is 1. The van der Waals surface area contributed by atoms with Gasteiger partial charge in [-0.25, -0.2) is 8.42 Å². The van der Waals surface area contributed by atoms with Gasteiger partial charge in [-0.05, 0) is 48.7 Å². The van der Waals surface area contributed by atoms with E-state index in [0.717, 1.165) is 6.42 Å². The Morgan fingerprint density at radius 2 is 1.73 bits per heavy atom. The molecule has 2 aliphatic rings. The highest BCUT2D eigenvalue weighted by Gasteiger charge is 2.58. The van der Waals surface area contributed by atoms with Crippen LogP contribution < -0.4 is 10.1 Å². The maximum absolute atomic E-state index is 11.4. The smallest absolute Gasteiger partial charge is 0.312 e. The number of nitrogens with one attached hydrogen (secondary N) is 1. The quantitative estimate of drug-likeness (QED) is 0.564. The molecule has 1 saturated heterocycles. The zero-order valence-electron chi connectivity index (χ0n) is 15.3. The average molecular weight is 474 g/mol. The van der Waals surface area contributed by atoms with E-state index in [2.05, 4.69) is 5.32 Å². The van der Waals surface area contributed by atoms with Crippen LogP contribution >= 0.6 is 23.2 Å². The van der Waals surface area contributed by atoms with Gasteiger partial charge in [0.05, 0.1) is 21.0 Å². The van der Waals surface area contributed by atoms with Gasteiger partial charge in [-0.1, -0.05) is 23.2 Å². The molecule has 1 aliphatic heterocycles. The summed E-state index contributed by atoms with van der Waals surface area (Å²) in [6, 6.07) is 8.73. The zero-order chi connectivity index (χ0) is 22.1. The summed E-state index contributed by atoms with van der Waals surface area (Å²) in [6.45, 7) is 0. The molecule has 160 valence electrons. The molecule has 0 aromatic heterocycles. The first kappa shape index (κ1) is 22.2. The van der Waals surface area contributed by atoms with E-state index in [-0.39, 0.29) is 32.5 Å². The number of rotatable bonds is 5. The fraction of sp³-hybridized carbons (Fsp3) is 0.263. The van der Waals surface area contributed by atoms with Gasteiger partial charge in [-0.3, -0.25) is 9.59 Å². The summed E-state index contributed by atoms with van der Waals surface area (Å²) in [5.74, 6) is -0.193. The number of carbonyl (C=O) groups is 2. The molecule has 0 bridgehead atoms. The van der Waals surface area contributed by atoms with E-state index >= 15 is 0 Å². The van der Waals surface area contributed by atoms with Crippen LogP contribution in [0.3, 0.4) is 0 Å². The lowest BCUT2D eigenvalue weighted by Gasteiger charge is -2.12. The van der Waals surface area contributed by atoms with Crippen LogP contribution in [0.1, 0.15) is 12.8 Å². The second-order valence-electron chi connectivity index (χ2n) is 6.85. The highest BCUT2D eigenvalue weighted by Crippen LogP contribution is 2.48.